The van der Waals surface area contributed by atoms with Crippen LogP contribution < -0.4 is 4.57 Å². The van der Waals surface area contributed by atoms with Gasteiger partial charge in [-0.05, 0) is 91.8 Å². The molecule has 4 nitrogen and oxygen atoms in total. The van der Waals surface area contributed by atoms with Crippen molar-refractivity contribution in [1.82, 2.24) is 0 Å². The van der Waals surface area contributed by atoms with Crippen LogP contribution in [-0.4, -0.2) is 13.0 Å². The van der Waals surface area contributed by atoms with E-state index >= 15 is 0 Å². The lowest BCUT2D eigenvalue weighted by atomic mass is 10.1. The molecule has 0 unspecified atom stereocenters. The summed E-state index contributed by atoms with van der Waals surface area (Å²) in [7, 11) is -4.27. The average Bonchev–Trinajstić information content (AvgIpc) is 2.77. The first-order valence-corrected chi connectivity index (χ1v) is 13.8. The maximum atomic E-state index is 10.4. The number of pyridine rings is 1. The molecule has 0 atom stereocenters. The molecule has 35 heavy (non-hydrogen) atoms. The molecule has 0 saturated carbocycles. The molecule has 1 aromatic heterocycles. The van der Waals surface area contributed by atoms with E-state index in [1.807, 2.05) is 6.92 Å². The van der Waals surface area contributed by atoms with Crippen LogP contribution in [0.3, 0.4) is 0 Å². The molecule has 0 fully saturated rings. The van der Waals surface area contributed by atoms with Crippen molar-refractivity contribution >= 4 is 10.1 Å². The Balaban J connectivity index is 0.000000462. The first-order chi connectivity index (χ1) is 16.5. The molecule has 0 bridgehead atoms. The summed E-state index contributed by atoms with van der Waals surface area (Å²) in [5.74, 6) is 0. The molecule has 1 aromatic carbocycles. The third-order valence-corrected chi connectivity index (χ3v) is 6.40. The predicted octanol–water partition coefficient (Wildman–Crippen LogP) is 7.38. The minimum Gasteiger partial charge on any atom is -0.744 e. The van der Waals surface area contributed by atoms with Crippen molar-refractivity contribution < 1.29 is 17.5 Å². The Morgan fingerprint density at radius 2 is 1.40 bits per heavy atom. The van der Waals surface area contributed by atoms with Crippen molar-refractivity contribution in [2.45, 2.75) is 91.5 Å². The van der Waals surface area contributed by atoms with Crippen LogP contribution >= 0.6 is 0 Å². The van der Waals surface area contributed by atoms with Crippen molar-refractivity contribution in [1.29, 1.82) is 0 Å². The van der Waals surface area contributed by atoms with Gasteiger partial charge in [-0.2, -0.15) is 0 Å². The summed E-state index contributed by atoms with van der Waals surface area (Å²) in [6.07, 6.45) is 18.7. The molecule has 2 aromatic rings. The molecule has 1 heterocycles. The summed E-state index contributed by atoms with van der Waals surface area (Å²) in [5.41, 5.74) is 6.73. The lowest BCUT2D eigenvalue weighted by molar-refractivity contribution is -0.697. The fourth-order valence-corrected chi connectivity index (χ4v) is 3.93. The molecular weight excluding hydrogens is 454 g/mol. The van der Waals surface area contributed by atoms with E-state index in [2.05, 4.69) is 81.9 Å². The Bertz CT molecular complexity index is 1090. The topological polar surface area (TPSA) is 61.1 Å². The van der Waals surface area contributed by atoms with Crippen molar-refractivity contribution in [2.75, 3.05) is 0 Å². The van der Waals surface area contributed by atoms with Crippen LogP contribution in [0.4, 0.5) is 0 Å². The fourth-order valence-electron chi connectivity index (χ4n) is 3.46. The van der Waals surface area contributed by atoms with Crippen LogP contribution in [0, 0.1) is 13.8 Å². The third kappa shape index (κ3) is 15.2. The quantitative estimate of drug-likeness (QED) is 0.141. The van der Waals surface area contributed by atoms with E-state index in [0.717, 1.165) is 12.1 Å². The Hall–Kier alpha value is -2.50. The van der Waals surface area contributed by atoms with E-state index in [1.54, 1.807) is 12.1 Å². The van der Waals surface area contributed by atoms with Crippen LogP contribution in [0.1, 0.15) is 77.3 Å². The molecule has 0 aliphatic heterocycles. The van der Waals surface area contributed by atoms with E-state index in [9.17, 15) is 13.0 Å². The van der Waals surface area contributed by atoms with Crippen LogP contribution in [0.15, 0.2) is 88.6 Å². The van der Waals surface area contributed by atoms with Gasteiger partial charge in [0.15, 0.2) is 12.4 Å². The van der Waals surface area contributed by atoms with Gasteiger partial charge < -0.3 is 4.55 Å². The number of unbranched alkanes of at least 4 members (excludes halogenated alkanes) is 1. The molecule has 0 radical (unpaired) electrons. The van der Waals surface area contributed by atoms with Crippen molar-refractivity contribution in [3.63, 3.8) is 0 Å². The lowest BCUT2D eigenvalue weighted by Crippen LogP contribution is -2.32. The van der Waals surface area contributed by atoms with Gasteiger partial charge in [0.1, 0.15) is 16.7 Å². The predicted molar refractivity (Wildman–Crippen MR) is 145 cm³/mol. The summed E-state index contributed by atoms with van der Waals surface area (Å²) >= 11 is 0. The number of hydrogen-bond donors (Lipinski definition) is 0. The van der Waals surface area contributed by atoms with Crippen LogP contribution in [-0.2, 0) is 16.7 Å². The Labute approximate surface area is 213 Å². The Morgan fingerprint density at radius 3 is 1.94 bits per heavy atom. The average molecular weight is 498 g/mol. The Kier molecular flexibility index (Phi) is 14.2. The maximum Gasteiger partial charge on any atom is 0.171 e. The standard InChI is InChI=1S/C23H36N.C7H8O3S/c1-20(2)11-8-13-22(4)15-9-14-21(3)12-6-7-17-24-18-10-16-23(5)19-24;1-6-2-4-7(5-3-6)11(8,9)10/h10-12,15-16,18-19H,6-9,13-14,17H2,1-5H3;2-5H,1H3,(H,8,9,10)/q+1;/p-1/b21-12+,22-15+;. The smallest absolute Gasteiger partial charge is 0.171 e. The van der Waals surface area contributed by atoms with Gasteiger partial charge in [-0.25, -0.2) is 13.0 Å². The highest BCUT2D eigenvalue weighted by Crippen LogP contribution is 2.12. The summed E-state index contributed by atoms with van der Waals surface area (Å²) in [6.45, 7) is 13.9. The number of aryl methyl sites for hydroxylation is 3. The second-order valence-corrected chi connectivity index (χ2v) is 10.9. The number of rotatable bonds is 11. The van der Waals surface area contributed by atoms with Gasteiger partial charge in [0.25, 0.3) is 0 Å². The van der Waals surface area contributed by atoms with Gasteiger partial charge >= 0.3 is 0 Å². The molecule has 0 aliphatic rings. The summed E-state index contributed by atoms with van der Waals surface area (Å²) < 4.78 is 33.5. The highest BCUT2D eigenvalue weighted by atomic mass is 32.2. The van der Waals surface area contributed by atoms with Gasteiger partial charge in [-0.1, -0.05) is 52.6 Å². The van der Waals surface area contributed by atoms with Crippen LogP contribution in [0.5, 0.6) is 0 Å². The molecule has 0 aliphatic carbocycles. The monoisotopic (exact) mass is 497 g/mol. The van der Waals surface area contributed by atoms with Crippen molar-refractivity contribution in [2.24, 2.45) is 0 Å². The zero-order valence-electron chi connectivity index (χ0n) is 22.4. The minimum atomic E-state index is -4.27. The van der Waals surface area contributed by atoms with Crippen molar-refractivity contribution in [3.05, 3.63) is 94.9 Å². The lowest BCUT2D eigenvalue weighted by Gasteiger charge is -2.05. The number of aromatic nitrogens is 1. The molecule has 0 saturated heterocycles. The van der Waals surface area contributed by atoms with Crippen LogP contribution in [0.2, 0.25) is 0 Å². The second kappa shape index (κ2) is 16.2. The highest BCUT2D eigenvalue weighted by Gasteiger charge is 1.99. The number of nitrogens with zero attached hydrogens (tertiary/aromatic N) is 1. The highest BCUT2D eigenvalue weighted by molar-refractivity contribution is 7.85. The van der Waals surface area contributed by atoms with Gasteiger partial charge in [0.2, 0.25) is 0 Å². The number of hydrogen-bond acceptors (Lipinski definition) is 3. The third-order valence-electron chi connectivity index (χ3n) is 5.55. The molecule has 0 N–H and O–H groups in total. The molecule has 5 heteroatoms. The van der Waals surface area contributed by atoms with Crippen LogP contribution in [0.25, 0.3) is 0 Å². The van der Waals surface area contributed by atoms with E-state index in [-0.39, 0.29) is 4.90 Å². The molecule has 0 spiro atoms. The second-order valence-electron chi connectivity index (χ2n) is 9.49. The largest absolute Gasteiger partial charge is 0.744 e. The zero-order valence-corrected chi connectivity index (χ0v) is 23.2. The summed E-state index contributed by atoms with van der Waals surface area (Å²) in [6, 6.07) is 10.1. The maximum absolute atomic E-state index is 10.4. The summed E-state index contributed by atoms with van der Waals surface area (Å²) in [5, 5.41) is 0. The first-order valence-electron chi connectivity index (χ1n) is 12.4. The Morgan fingerprint density at radius 1 is 0.829 bits per heavy atom. The van der Waals surface area contributed by atoms with Gasteiger partial charge in [-0.3, -0.25) is 0 Å². The molecule has 2 rings (SSSR count). The van der Waals surface area contributed by atoms with E-state index in [1.165, 1.54) is 72.9 Å². The van der Waals surface area contributed by atoms with E-state index in [4.69, 9.17) is 0 Å². The first kappa shape index (κ1) is 30.5. The van der Waals surface area contributed by atoms with E-state index < -0.39 is 10.1 Å². The van der Waals surface area contributed by atoms with E-state index in [0.29, 0.717) is 0 Å². The fraction of sp³-hybridized carbons (Fsp3) is 0.433. The summed E-state index contributed by atoms with van der Waals surface area (Å²) in [4.78, 5) is -0.178. The van der Waals surface area contributed by atoms with Gasteiger partial charge in [0.05, 0.1) is 4.90 Å². The molecular formula is C30H43NO3S. The minimum absolute atomic E-state index is 0.178. The van der Waals surface area contributed by atoms with Gasteiger partial charge in [-0.15, -0.1) is 0 Å². The van der Waals surface area contributed by atoms with Gasteiger partial charge in [0, 0.05) is 18.1 Å². The van der Waals surface area contributed by atoms with Crippen molar-refractivity contribution in [3.8, 4) is 0 Å². The normalized spacial score (nSPS) is 12.1. The molecule has 0 amide bonds. The molecule has 192 valence electrons. The number of allylic oxidation sites excluding steroid dienone is 6. The number of benzene rings is 1. The SMILES string of the molecule is CC(C)=CCC/C(C)=C/CC/C(C)=C/CCC[n+]1cccc(C)c1.Cc1ccc(S(=O)(=O)[O-])cc1. The zero-order chi connectivity index (χ0) is 26.3.